The Morgan fingerprint density at radius 2 is 1.33 bits per heavy atom. The molecule has 8 heteroatoms. The lowest BCUT2D eigenvalue weighted by molar-refractivity contribution is -0.127. The third kappa shape index (κ3) is 6.28. The molecular formula is C4H8N2O4S2. The number of hydrogen-bond acceptors (Lipinski definition) is 6. The van der Waals surface area contributed by atoms with Gasteiger partial charge in [0.25, 0.3) is 11.8 Å². The van der Waals surface area contributed by atoms with Crippen LogP contribution in [-0.4, -0.2) is 33.7 Å². The van der Waals surface area contributed by atoms with E-state index in [1.165, 1.54) is 11.0 Å². The highest BCUT2D eigenvalue weighted by Crippen LogP contribution is 2.19. The van der Waals surface area contributed by atoms with Crippen LogP contribution in [-0.2, 0) is 9.59 Å². The fourth-order valence-corrected chi connectivity index (χ4v) is 1.91. The van der Waals surface area contributed by atoms with Crippen LogP contribution < -0.4 is 11.0 Å². The van der Waals surface area contributed by atoms with Crippen molar-refractivity contribution in [2.24, 2.45) is 0 Å². The highest BCUT2D eigenvalue weighted by molar-refractivity contribution is 8.77. The van der Waals surface area contributed by atoms with Crippen LogP contribution in [0.25, 0.3) is 0 Å². The molecule has 0 aliphatic carbocycles. The van der Waals surface area contributed by atoms with Crippen LogP contribution in [0.5, 0.6) is 0 Å². The first-order valence-corrected chi connectivity index (χ1v) is 5.29. The van der Waals surface area contributed by atoms with Crippen molar-refractivity contribution in [3.63, 3.8) is 0 Å². The lowest BCUT2D eigenvalue weighted by atomic mass is 10.8. The summed E-state index contributed by atoms with van der Waals surface area (Å²) >= 11 is 0. The summed E-state index contributed by atoms with van der Waals surface area (Å²) in [5.74, 6) is -0.950. The maximum absolute atomic E-state index is 10.4. The van der Waals surface area contributed by atoms with E-state index in [4.69, 9.17) is 10.4 Å². The third-order valence-corrected chi connectivity index (χ3v) is 2.85. The molecule has 0 aromatic carbocycles. The van der Waals surface area contributed by atoms with Crippen molar-refractivity contribution in [3.05, 3.63) is 0 Å². The van der Waals surface area contributed by atoms with E-state index >= 15 is 0 Å². The molecule has 0 rings (SSSR count). The Kier molecular flexibility index (Phi) is 6.96. The third-order valence-electron chi connectivity index (χ3n) is 0.713. The van der Waals surface area contributed by atoms with Gasteiger partial charge in [-0.15, -0.1) is 0 Å². The first-order valence-electron chi connectivity index (χ1n) is 2.81. The molecule has 0 aliphatic heterocycles. The second-order valence-corrected chi connectivity index (χ2v) is 4.06. The summed E-state index contributed by atoms with van der Waals surface area (Å²) in [6.45, 7) is 0. The smallest absolute Gasteiger partial charge is 0.254 e. The predicted molar refractivity (Wildman–Crippen MR) is 44.8 cm³/mol. The van der Waals surface area contributed by atoms with E-state index < -0.39 is 11.8 Å². The van der Waals surface area contributed by atoms with E-state index in [0.717, 1.165) is 21.6 Å². The van der Waals surface area contributed by atoms with Gasteiger partial charge in [0.1, 0.15) is 0 Å². The van der Waals surface area contributed by atoms with Crippen LogP contribution >= 0.6 is 21.6 Å². The molecule has 0 atom stereocenters. The lowest BCUT2D eigenvalue weighted by Crippen LogP contribution is -2.21. The maximum Gasteiger partial charge on any atom is 0.254 e. The monoisotopic (exact) mass is 212 g/mol. The van der Waals surface area contributed by atoms with E-state index in [1.807, 2.05) is 0 Å². The van der Waals surface area contributed by atoms with Gasteiger partial charge in [-0.1, -0.05) is 21.6 Å². The molecule has 0 saturated heterocycles. The fraction of sp³-hybridized carbons (Fsp3) is 0.500. The Bertz CT molecular complexity index is 147. The van der Waals surface area contributed by atoms with Crippen LogP contribution in [0.3, 0.4) is 0 Å². The Morgan fingerprint density at radius 3 is 1.58 bits per heavy atom. The summed E-state index contributed by atoms with van der Waals surface area (Å²) < 4.78 is 0. The van der Waals surface area contributed by atoms with Crippen LogP contribution in [0, 0.1) is 0 Å². The van der Waals surface area contributed by atoms with Crippen molar-refractivity contribution < 1.29 is 20.0 Å². The van der Waals surface area contributed by atoms with E-state index in [-0.39, 0.29) is 11.5 Å². The van der Waals surface area contributed by atoms with Crippen molar-refractivity contribution >= 4 is 33.4 Å². The number of amides is 2. The summed E-state index contributed by atoms with van der Waals surface area (Å²) in [6, 6.07) is 0. The Balaban J connectivity index is 3.21. The van der Waals surface area contributed by atoms with E-state index in [9.17, 15) is 9.59 Å². The standard InChI is InChI=1S/C4H8N2O4S2/c7-3(5-9)1-11-12-2-4(8)6-10/h9-10H,1-2H2,(H,5,7)(H,6,8). The van der Waals surface area contributed by atoms with Crippen molar-refractivity contribution in [1.82, 2.24) is 11.0 Å². The van der Waals surface area contributed by atoms with E-state index in [2.05, 4.69) is 0 Å². The molecule has 0 spiro atoms. The van der Waals surface area contributed by atoms with E-state index in [0.29, 0.717) is 0 Å². The predicted octanol–water partition coefficient (Wildman–Crippen LogP) is -0.621. The quantitative estimate of drug-likeness (QED) is 0.210. The van der Waals surface area contributed by atoms with Gasteiger partial charge in [0.15, 0.2) is 0 Å². The van der Waals surface area contributed by atoms with Crippen molar-refractivity contribution in [2.75, 3.05) is 11.5 Å². The molecule has 6 nitrogen and oxygen atoms in total. The number of hydroxylamine groups is 2. The number of hydrogen-bond donors (Lipinski definition) is 4. The molecule has 0 bridgehead atoms. The molecule has 0 fully saturated rings. The molecular weight excluding hydrogens is 204 g/mol. The van der Waals surface area contributed by atoms with Crippen molar-refractivity contribution in [3.8, 4) is 0 Å². The minimum atomic E-state index is -0.531. The van der Waals surface area contributed by atoms with Gasteiger partial charge < -0.3 is 0 Å². The summed E-state index contributed by atoms with van der Waals surface area (Å²) in [6.07, 6.45) is 0. The van der Waals surface area contributed by atoms with Crippen molar-refractivity contribution in [2.45, 2.75) is 0 Å². The minimum absolute atomic E-state index is 0.0554. The number of carbonyl (C=O) groups excluding carboxylic acids is 2. The first kappa shape index (κ1) is 11.6. The molecule has 0 aromatic rings. The molecule has 0 aliphatic rings. The van der Waals surface area contributed by atoms with Gasteiger partial charge in [-0.05, 0) is 0 Å². The molecule has 0 heterocycles. The van der Waals surface area contributed by atoms with Gasteiger partial charge in [-0.2, -0.15) is 0 Å². The Labute approximate surface area is 76.4 Å². The van der Waals surface area contributed by atoms with Gasteiger partial charge in [0.05, 0.1) is 11.5 Å². The van der Waals surface area contributed by atoms with Gasteiger partial charge in [-0.3, -0.25) is 20.0 Å². The molecule has 0 unspecified atom stereocenters. The van der Waals surface area contributed by atoms with E-state index in [1.54, 1.807) is 0 Å². The zero-order valence-corrected chi connectivity index (χ0v) is 7.57. The number of rotatable bonds is 5. The average Bonchev–Trinajstić information content (AvgIpc) is 2.11. The Hall–Kier alpha value is -0.440. The summed E-state index contributed by atoms with van der Waals surface area (Å²) in [4.78, 5) is 20.8. The zero-order chi connectivity index (χ0) is 9.40. The highest BCUT2D eigenvalue weighted by Gasteiger charge is 2.02. The van der Waals surface area contributed by atoms with Gasteiger partial charge >= 0.3 is 0 Å². The average molecular weight is 212 g/mol. The lowest BCUT2D eigenvalue weighted by Gasteiger charge is -1.97. The van der Waals surface area contributed by atoms with Crippen LogP contribution in [0.4, 0.5) is 0 Å². The molecule has 2 amide bonds. The topological polar surface area (TPSA) is 98.7 Å². The fourth-order valence-electron chi connectivity index (χ4n) is 0.255. The van der Waals surface area contributed by atoms with Gasteiger partial charge in [-0.25, -0.2) is 11.0 Å². The largest absolute Gasteiger partial charge is 0.289 e. The van der Waals surface area contributed by atoms with Crippen LogP contribution in [0.1, 0.15) is 0 Å². The molecule has 0 radical (unpaired) electrons. The second kappa shape index (κ2) is 7.22. The summed E-state index contributed by atoms with van der Waals surface area (Å²) in [5.41, 5.74) is 2.89. The van der Waals surface area contributed by atoms with Gasteiger partial charge in [0.2, 0.25) is 0 Å². The maximum atomic E-state index is 10.4. The first-order chi connectivity index (χ1) is 5.70. The molecule has 12 heavy (non-hydrogen) atoms. The minimum Gasteiger partial charge on any atom is -0.289 e. The van der Waals surface area contributed by atoms with Crippen LogP contribution in [0.15, 0.2) is 0 Å². The number of nitrogens with one attached hydrogen (secondary N) is 2. The van der Waals surface area contributed by atoms with Crippen LogP contribution in [0.2, 0.25) is 0 Å². The second-order valence-electron chi connectivity index (χ2n) is 1.59. The zero-order valence-electron chi connectivity index (χ0n) is 5.94. The molecule has 0 aromatic heterocycles. The normalized spacial score (nSPS) is 9.17. The SMILES string of the molecule is O=C(CSSCC(=O)NO)NO. The highest BCUT2D eigenvalue weighted by atomic mass is 33.1. The molecule has 70 valence electrons. The number of carbonyl (C=O) groups is 2. The Morgan fingerprint density at radius 1 is 1.00 bits per heavy atom. The summed E-state index contributed by atoms with van der Waals surface area (Å²) in [5, 5.41) is 16.1. The van der Waals surface area contributed by atoms with Gasteiger partial charge in [0, 0.05) is 0 Å². The molecule has 4 N–H and O–H groups in total. The van der Waals surface area contributed by atoms with Crippen molar-refractivity contribution in [1.29, 1.82) is 0 Å². The summed E-state index contributed by atoms with van der Waals surface area (Å²) in [7, 11) is 2.20. The molecule has 0 saturated carbocycles.